The lowest BCUT2D eigenvalue weighted by Crippen LogP contribution is -2.50. The van der Waals surface area contributed by atoms with Gasteiger partial charge in [0, 0.05) is 32.7 Å². The molecule has 3 rings (SSSR count). The number of rotatable bonds is 6. The number of piperazine rings is 1. The summed E-state index contributed by atoms with van der Waals surface area (Å²) in [5.74, 6) is 1.51. The van der Waals surface area contributed by atoms with Gasteiger partial charge in [-0.2, -0.15) is 0 Å². The molecule has 2 heterocycles. The maximum Gasteiger partial charge on any atom is 0.227 e. The zero-order valence-electron chi connectivity index (χ0n) is 14.4. The van der Waals surface area contributed by atoms with Crippen molar-refractivity contribution in [2.24, 2.45) is 0 Å². The number of aliphatic hydroxyl groups excluding tert-OH is 1. The van der Waals surface area contributed by atoms with Gasteiger partial charge in [0.25, 0.3) is 0 Å². The van der Waals surface area contributed by atoms with Crippen LogP contribution in [0.4, 0.5) is 0 Å². The summed E-state index contributed by atoms with van der Waals surface area (Å²) < 4.78 is 10.4. The molecule has 1 aliphatic heterocycles. The van der Waals surface area contributed by atoms with Crippen molar-refractivity contribution >= 4 is 5.91 Å². The third-order valence-electron chi connectivity index (χ3n) is 4.54. The lowest BCUT2D eigenvalue weighted by molar-refractivity contribution is -0.132. The average molecular weight is 344 g/mol. The molecule has 1 aromatic carbocycles. The predicted octanol–water partition coefficient (Wildman–Crippen LogP) is 1.71. The molecule has 6 heteroatoms. The van der Waals surface area contributed by atoms with E-state index >= 15 is 0 Å². The Hall–Kier alpha value is -2.31. The number of β-amino-alcohol motifs (C(OH)–C–C–N with tert-alkyl or cyclic N) is 1. The van der Waals surface area contributed by atoms with Gasteiger partial charge in [0.1, 0.15) is 17.6 Å². The van der Waals surface area contributed by atoms with E-state index in [9.17, 15) is 9.90 Å². The number of ether oxygens (including phenoxy) is 1. The number of benzene rings is 1. The van der Waals surface area contributed by atoms with Gasteiger partial charge in [-0.3, -0.25) is 9.69 Å². The highest BCUT2D eigenvalue weighted by molar-refractivity contribution is 5.78. The molecule has 25 heavy (non-hydrogen) atoms. The number of hydrogen-bond acceptors (Lipinski definition) is 5. The Labute approximate surface area is 147 Å². The summed E-state index contributed by atoms with van der Waals surface area (Å²) in [6, 6.07) is 11.1. The maximum atomic E-state index is 12.4. The molecule has 0 bridgehead atoms. The van der Waals surface area contributed by atoms with Crippen LogP contribution >= 0.6 is 0 Å². The summed E-state index contributed by atoms with van der Waals surface area (Å²) >= 11 is 0. The molecule has 2 aromatic rings. The second-order valence-corrected chi connectivity index (χ2v) is 6.24. The van der Waals surface area contributed by atoms with E-state index in [0.717, 1.165) is 24.4 Å². The average Bonchev–Trinajstić information content (AvgIpc) is 3.18. The summed E-state index contributed by atoms with van der Waals surface area (Å²) in [5, 5.41) is 10.1. The summed E-state index contributed by atoms with van der Waals surface area (Å²) in [4.78, 5) is 16.5. The lowest BCUT2D eigenvalue weighted by atomic mass is 10.1. The number of carbonyl (C=O) groups is 1. The van der Waals surface area contributed by atoms with Crippen LogP contribution in [-0.4, -0.2) is 60.6 Å². The van der Waals surface area contributed by atoms with Gasteiger partial charge in [0.05, 0.1) is 19.8 Å². The van der Waals surface area contributed by atoms with Gasteiger partial charge in [-0.25, -0.2) is 0 Å². The van der Waals surface area contributed by atoms with Gasteiger partial charge in [0.2, 0.25) is 5.91 Å². The van der Waals surface area contributed by atoms with E-state index < -0.39 is 6.10 Å². The number of nitrogens with zero attached hydrogens (tertiary/aromatic N) is 2. The van der Waals surface area contributed by atoms with Gasteiger partial charge >= 0.3 is 0 Å². The molecule has 0 aliphatic carbocycles. The van der Waals surface area contributed by atoms with E-state index in [4.69, 9.17) is 9.15 Å². The largest absolute Gasteiger partial charge is 0.497 e. The number of hydrogen-bond donors (Lipinski definition) is 1. The first-order chi connectivity index (χ1) is 12.2. The first-order valence-electron chi connectivity index (χ1n) is 8.50. The van der Waals surface area contributed by atoms with Crippen molar-refractivity contribution in [1.29, 1.82) is 0 Å². The van der Waals surface area contributed by atoms with Crippen molar-refractivity contribution in [3.8, 4) is 5.75 Å². The van der Waals surface area contributed by atoms with Crippen LogP contribution < -0.4 is 4.74 Å². The van der Waals surface area contributed by atoms with Crippen LogP contribution in [0.25, 0.3) is 0 Å². The Morgan fingerprint density at radius 3 is 2.52 bits per heavy atom. The molecule has 6 nitrogen and oxygen atoms in total. The summed E-state index contributed by atoms with van der Waals surface area (Å²) in [6.07, 6.45) is 1.34. The van der Waals surface area contributed by atoms with Crippen LogP contribution in [0.5, 0.6) is 5.75 Å². The highest BCUT2D eigenvalue weighted by atomic mass is 16.5. The minimum atomic E-state index is -0.628. The Bertz CT molecular complexity index is 661. The Morgan fingerprint density at radius 2 is 1.92 bits per heavy atom. The SMILES string of the molecule is COc1ccc(CC(=O)N2CCN(C[C@@H](O)c3ccco3)CC2)cc1. The number of amides is 1. The quantitative estimate of drug-likeness (QED) is 0.864. The van der Waals surface area contributed by atoms with Crippen molar-refractivity contribution in [3.63, 3.8) is 0 Å². The number of aliphatic hydroxyl groups is 1. The standard InChI is InChI=1S/C19H24N2O4/c1-24-16-6-4-15(5-7-16)13-19(23)21-10-8-20(9-11-21)14-17(22)18-3-2-12-25-18/h2-7,12,17,22H,8-11,13-14H2,1H3/t17-/m1/s1. The van der Waals surface area contributed by atoms with Crippen molar-refractivity contribution < 1.29 is 19.1 Å². The van der Waals surface area contributed by atoms with Crippen LogP contribution in [0.3, 0.4) is 0 Å². The van der Waals surface area contributed by atoms with Gasteiger partial charge in [0.15, 0.2) is 0 Å². The molecule has 1 saturated heterocycles. The molecule has 1 N–H and O–H groups in total. The minimum absolute atomic E-state index is 0.136. The molecule has 1 atom stereocenters. The van der Waals surface area contributed by atoms with E-state index in [1.165, 1.54) is 0 Å². The maximum absolute atomic E-state index is 12.4. The van der Waals surface area contributed by atoms with Crippen molar-refractivity contribution in [2.75, 3.05) is 39.8 Å². The van der Waals surface area contributed by atoms with E-state index in [-0.39, 0.29) is 5.91 Å². The van der Waals surface area contributed by atoms with E-state index in [0.29, 0.717) is 31.8 Å². The second-order valence-electron chi connectivity index (χ2n) is 6.24. The molecule has 1 aliphatic rings. The monoisotopic (exact) mass is 344 g/mol. The van der Waals surface area contributed by atoms with Crippen LogP contribution in [0.2, 0.25) is 0 Å². The van der Waals surface area contributed by atoms with E-state index in [1.807, 2.05) is 29.2 Å². The highest BCUT2D eigenvalue weighted by Crippen LogP contribution is 2.16. The highest BCUT2D eigenvalue weighted by Gasteiger charge is 2.23. The first-order valence-corrected chi connectivity index (χ1v) is 8.50. The third kappa shape index (κ3) is 4.61. The van der Waals surface area contributed by atoms with Gasteiger partial charge in [-0.05, 0) is 29.8 Å². The number of carbonyl (C=O) groups excluding carboxylic acids is 1. The number of furan rings is 1. The van der Waals surface area contributed by atoms with Crippen LogP contribution in [0, 0.1) is 0 Å². The Kier molecular flexibility index (Phi) is 5.73. The van der Waals surface area contributed by atoms with Crippen molar-refractivity contribution in [3.05, 3.63) is 54.0 Å². The third-order valence-corrected chi connectivity index (χ3v) is 4.54. The van der Waals surface area contributed by atoms with Crippen molar-refractivity contribution in [1.82, 2.24) is 9.80 Å². The predicted molar refractivity (Wildman–Crippen MR) is 93.4 cm³/mol. The zero-order chi connectivity index (χ0) is 17.6. The van der Waals surface area contributed by atoms with Gasteiger partial charge in [-0.1, -0.05) is 12.1 Å². The molecule has 0 spiro atoms. The Balaban J connectivity index is 1.45. The zero-order valence-corrected chi connectivity index (χ0v) is 14.4. The molecular formula is C19H24N2O4. The fraction of sp³-hybridized carbons (Fsp3) is 0.421. The Morgan fingerprint density at radius 1 is 1.20 bits per heavy atom. The van der Waals surface area contributed by atoms with E-state index in [1.54, 1.807) is 25.5 Å². The molecule has 0 unspecified atom stereocenters. The molecule has 134 valence electrons. The topological polar surface area (TPSA) is 66.2 Å². The molecule has 0 radical (unpaired) electrons. The first kappa shape index (κ1) is 17.5. The van der Waals surface area contributed by atoms with Gasteiger partial charge < -0.3 is 19.2 Å². The molecule has 1 amide bonds. The molecule has 1 fully saturated rings. The normalized spacial score (nSPS) is 16.6. The smallest absolute Gasteiger partial charge is 0.227 e. The molecule has 1 aromatic heterocycles. The molecular weight excluding hydrogens is 320 g/mol. The van der Waals surface area contributed by atoms with E-state index in [2.05, 4.69) is 4.90 Å². The van der Waals surface area contributed by atoms with Crippen LogP contribution in [0.1, 0.15) is 17.4 Å². The van der Waals surface area contributed by atoms with Gasteiger partial charge in [-0.15, -0.1) is 0 Å². The number of methoxy groups -OCH3 is 1. The van der Waals surface area contributed by atoms with Crippen LogP contribution in [-0.2, 0) is 11.2 Å². The molecule has 0 saturated carbocycles. The fourth-order valence-electron chi connectivity index (χ4n) is 3.03. The lowest BCUT2D eigenvalue weighted by Gasteiger charge is -2.35. The fourth-order valence-corrected chi connectivity index (χ4v) is 3.03. The second kappa shape index (κ2) is 8.18. The van der Waals surface area contributed by atoms with Crippen molar-refractivity contribution in [2.45, 2.75) is 12.5 Å². The van der Waals surface area contributed by atoms with Crippen LogP contribution in [0.15, 0.2) is 47.1 Å². The summed E-state index contributed by atoms with van der Waals surface area (Å²) in [7, 11) is 1.63. The summed E-state index contributed by atoms with van der Waals surface area (Å²) in [5.41, 5.74) is 0.987. The minimum Gasteiger partial charge on any atom is -0.497 e. The summed E-state index contributed by atoms with van der Waals surface area (Å²) in [6.45, 7) is 3.39.